The van der Waals surface area contributed by atoms with Gasteiger partial charge in [0.05, 0.1) is 10.9 Å². The van der Waals surface area contributed by atoms with Gasteiger partial charge < -0.3 is 10.2 Å². The topological polar surface area (TPSA) is 64.9 Å². The maximum absolute atomic E-state index is 5.89. The third-order valence-corrected chi connectivity index (χ3v) is 4.63. The molecule has 3 rings (SSSR count). The van der Waals surface area contributed by atoms with Crippen LogP contribution in [0.25, 0.3) is 10.8 Å². The Morgan fingerprint density at radius 3 is 3.00 bits per heavy atom. The largest absolute Gasteiger partial charge is 0.418 e. The second-order valence-electron chi connectivity index (χ2n) is 4.73. The van der Waals surface area contributed by atoms with E-state index in [0.717, 1.165) is 11.3 Å². The summed E-state index contributed by atoms with van der Waals surface area (Å²) in [5.41, 5.74) is 7.35. The van der Waals surface area contributed by atoms with Crippen LogP contribution in [0.15, 0.2) is 10.5 Å². The minimum atomic E-state index is -0.152. The first-order valence-electron chi connectivity index (χ1n) is 6.49. The summed E-state index contributed by atoms with van der Waals surface area (Å²) in [5, 5.41) is 8.15. The molecule has 0 saturated carbocycles. The number of aryl methyl sites for hydroxylation is 2. The van der Waals surface area contributed by atoms with Crippen molar-refractivity contribution in [3.63, 3.8) is 0 Å². The van der Waals surface area contributed by atoms with Crippen LogP contribution in [0.1, 0.15) is 48.6 Å². The fourth-order valence-corrected chi connectivity index (χ4v) is 3.43. The summed E-state index contributed by atoms with van der Waals surface area (Å²) in [6.45, 7) is 2.01. The van der Waals surface area contributed by atoms with E-state index >= 15 is 0 Å². The first-order valence-corrected chi connectivity index (χ1v) is 7.30. The van der Waals surface area contributed by atoms with Gasteiger partial charge in [0.1, 0.15) is 0 Å². The van der Waals surface area contributed by atoms with Crippen molar-refractivity contribution >= 4 is 11.3 Å². The monoisotopic (exact) mass is 263 g/mol. The molecule has 0 saturated heterocycles. The molecule has 1 atom stereocenters. The summed E-state index contributed by atoms with van der Waals surface area (Å²) >= 11 is 1.78. The Balaban J connectivity index is 1.90. The van der Waals surface area contributed by atoms with E-state index in [9.17, 15) is 0 Å². The van der Waals surface area contributed by atoms with Crippen molar-refractivity contribution < 1.29 is 4.42 Å². The molecule has 1 aliphatic carbocycles. The second kappa shape index (κ2) is 4.82. The van der Waals surface area contributed by atoms with Crippen LogP contribution in [0, 0.1) is 0 Å². The van der Waals surface area contributed by atoms with Crippen LogP contribution in [0.4, 0.5) is 0 Å². The normalized spacial score (nSPS) is 16.6. The molecule has 1 aliphatic rings. The molecule has 0 aliphatic heterocycles. The van der Waals surface area contributed by atoms with Gasteiger partial charge in [-0.2, -0.15) is 0 Å². The molecular formula is C13H17N3OS. The number of fused-ring (bicyclic) bond motifs is 1. The number of thiophene rings is 1. The molecular weight excluding hydrogens is 246 g/mol. The number of nitrogens with zero attached hydrogens (tertiary/aromatic N) is 2. The summed E-state index contributed by atoms with van der Waals surface area (Å²) in [7, 11) is 0. The molecule has 5 heteroatoms. The van der Waals surface area contributed by atoms with Crippen LogP contribution in [-0.2, 0) is 12.8 Å². The molecule has 0 fully saturated rings. The maximum atomic E-state index is 5.89. The molecule has 0 radical (unpaired) electrons. The van der Waals surface area contributed by atoms with Gasteiger partial charge >= 0.3 is 0 Å². The number of hydrogen-bond donors (Lipinski definition) is 1. The van der Waals surface area contributed by atoms with E-state index in [1.165, 1.54) is 36.1 Å². The van der Waals surface area contributed by atoms with Crippen LogP contribution < -0.4 is 5.73 Å². The Labute approximate surface area is 110 Å². The Morgan fingerprint density at radius 1 is 1.39 bits per heavy atom. The summed E-state index contributed by atoms with van der Waals surface area (Å²) < 4.78 is 5.66. The molecule has 0 spiro atoms. The summed E-state index contributed by atoms with van der Waals surface area (Å²) in [6, 6.07) is 2.05. The Kier molecular flexibility index (Phi) is 3.18. The van der Waals surface area contributed by atoms with E-state index < -0.39 is 0 Å². The molecule has 0 amide bonds. The van der Waals surface area contributed by atoms with E-state index in [0.29, 0.717) is 11.8 Å². The van der Waals surface area contributed by atoms with Crippen molar-refractivity contribution in [2.75, 3.05) is 0 Å². The SMILES string of the molecule is CCC(N)c1nnc(-c2cc3c(s2)CCCC3)o1. The summed E-state index contributed by atoms with van der Waals surface area (Å²) in [5.74, 6) is 1.16. The fourth-order valence-electron chi connectivity index (χ4n) is 2.25. The smallest absolute Gasteiger partial charge is 0.257 e. The van der Waals surface area contributed by atoms with E-state index in [2.05, 4.69) is 16.3 Å². The van der Waals surface area contributed by atoms with Gasteiger partial charge in [-0.05, 0) is 43.7 Å². The number of hydrogen-bond acceptors (Lipinski definition) is 5. The molecule has 2 N–H and O–H groups in total. The fraction of sp³-hybridized carbons (Fsp3) is 0.538. The van der Waals surface area contributed by atoms with Gasteiger partial charge in [0.25, 0.3) is 5.89 Å². The zero-order chi connectivity index (χ0) is 12.5. The Morgan fingerprint density at radius 2 is 2.22 bits per heavy atom. The Hall–Kier alpha value is -1.20. The highest BCUT2D eigenvalue weighted by Gasteiger charge is 2.19. The van der Waals surface area contributed by atoms with E-state index in [1.54, 1.807) is 11.3 Å². The lowest BCUT2D eigenvalue weighted by Gasteiger charge is -2.08. The predicted molar refractivity (Wildman–Crippen MR) is 71.5 cm³/mol. The van der Waals surface area contributed by atoms with E-state index in [4.69, 9.17) is 10.2 Å². The van der Waals surface area contributed by atoms with Gasteiger partial charge in [0, 0.05) is 4.88 Å². The van der Waals surface area contributed by atoms with Gasteiger partial charge in [-0.3, -0.25) is 0 Å². The molecule has 2 aromatic heterocycles. The van der Waals surface area contributed by atoms with Crippen LogP contribution in [-0.4, -0.2) is 10.2 Å². The highest BCUT2D eigenvalue weighted by Crippen LogP contribution is 2.35. The van der Waals surface area contributed by atoms with E-state index in [1.807, 2.05) is 6.92 Å². The van der Waals surface area contributed by atoms with Crippen molar-refractivity contribution in [1.29, 1.82) is 0 Å². The number of aromatic nitrogens is 2. The van der Waals surface area contributed by atoms with Crippen LogP contribution >= 0.6 is 11.3 Å². The quantitative estimate of drug-likeness (QED) is 0.924. The first kappa shape index (κ1) is 11.9. The number of nitrogens with two attached hydrogens (primary N) is 1. The maximum Gasteiger partial charge on any atom is 0.257 e. The average molecular weight is 263 g/mol. The van der Waals surface area contributed by atoms with Crippen LogP contribution in [0.5, 0.6) is 0 Å². The second-order valence-corrected chi connectivity index (χ2v) is 5.86. The molecule has 4 nitrogen and oxygen atoms in total. The lowest BCUT2D eigenvalue weighted by atomic mass is 9.99. The van der Waals surface area contributed by atoms with Gasteiger partial charge in [0.15, 0.2) is 0 Å². The van der Waals surface area contributed by atoms with Crippen LogP contribution in [0.3, 0.4) is 0 Å². The molecule has 18 heavy (non-hydrogen) atoms. The molecule has 1 unspecified atom stereocenters. The summed E-state index contributed by atoms with van der Waals surface area (Å²) in [4.78, 5) is 2.57. The van der Waals surface area contributed by atoms with Gasteiger partial charge in [-0.25, -0.2) is 0 Å². The molecule has 0 bridgehead atoms. The minimum Gasteiger partial charge on any atom is -0.418 e. The standard InChI is InChI=1S/C13H17N3OS/c1-2-9(14)12-15-16-13(17-12)11-7-8-5-3-4-6-10(8)18-11/h7,9H,2-6,14H2,1H3. The zero-order valence-corrected chi connectivity index (χ0v) is 11.3. The van der Waals surface area contributed by atoms with Gasteiger partial charge in [-0.15, -0.1) is 21.5 Å². The molecule has 2 aromatic rings. The molecule has 0 aromatic carbocycles. The lowest BCUT2D eigenvalue weighted by molar-refractivity contribution is 0.453. The third kappa shape index (κ3) is 2.08. The van der Waals surface area contributed by atoms with Gasteiger partial charge in [0.2, 0.25) is 5.89 Å². The van der Waals surface area contributed by atoms with Crippen molar-refractivity contribution in [1.82, 2.24) is 10.2 Å². The van der Waals surface area contributed by atoms with Crippen LogP contribution in [0.2, 0.25) is 0 Å². The Bertz CT molecular complexity index is 523. The van der Waals surface area contributed by atoms with Crippen molar-refractivity contribution in [3.05, 3.63) is 22.4 Å². The van der Waals surface area contributed by atoms with Crippen molar-refractivity contribution in [2.45, 2.75) is 45.1 Å². The summed E-state index contributed by atoms with van der Waals surface area (Å²) in [6.07, 6.45) is 5.76. The average Bonchev–Trinajstić information content (AvgIpc) is 3.03. The van der Waals surface area contributed by atoms with Crippen molar-refractivity contribution in [2.24, 2.45) is 5.73 Å². The highest BCUT2D eigenvalue weighted by molar-refractivity contribution is 7.15. The lowest BCUT2D eigenvalue weighted by Crippen LogP contribution is -2.08. The van der Waals surface area contributed by atoms with Crippen molar-refractivity contribution in [3.8, 4) is 10.8 Å². The third-order valence-electron chi connectivity index (χ3n) is 3.41. The predicted octanol–water partition coefficient (Wildman–Crippen LogP) is 3.09. The molecule has 2 heterocycles. The number of rotatable bonds is 3. The molecule has 96 valence electrons. The minimum absolute atomic E-state index is 0.152. The first-order chi connectivity index (χ1) is 8.78. The zero-order valence-electron chi connectivity index (χ0n) is 10.5. The highest BCUT2D eigenvalue weighted by atomic mass is 32.1. The van der Waals surface area contributed by atoms with Gasteiger partial charge in [-0.1, -0.05) is 6.92 Å². The van der Waals surface area contributed by atoms with E-state index in [-0.39, 0.29) is 6.04 Å².